The molecule has 0 aliphatic carbocycles. The third-order valence-corrected chi connectivity index (χ3v) is 4.68. The predicted octanol–water partition coefficient (Wildman–Crippen LogP) is 1.14. The lowest BCUT2D eigenvalue weighted by Crippen LogP contribution is -2.42. The molecule has 0 aliphatic rings. The van der Waals surface area contributed by atoms with Gasteiger partial charge in [0, 0.05) is 18.2 Å². The zero-order valence-corrected chi connectivity index (χ0v) is 18.0. The largest absolute Gasteiger partial charge is 0.368 e. The fourth-order valence-electron chi connectivity index (χ4n) is 3.18. The van der Waals surface area contributed by atoms with Crippen molar-refractivity contribution in [2.75, 3.05) is 18.4 Å². The van der Waals surface area contributed by atoms with Gasteiger partial charge < -0.3 is 27.4 Å². The van der Waals surface area contributed by atoms with Gasteiger partial charge in [-0.05, 0) is 55.1 Å². The van der Waals surface area contributed by atoms with E-state index in [2.05, 4.69) is 16.0 Å². The molecule has 1 atom stereocenters. The number of hydrogen-bond acceptors (Lipinski definition) is 5. The van der Waals surface area contributed by atoms with Gasteiger partial charge in [-0.1, -0.05) is 30.3 Å². The summed E-state index contributed by atoms with van der Waals surface area (Å²) in [4.78, 5) is 47.9. The normalized spacial score (nSPS) is 11.3. The zero-order valence-electron chi connectivity index (χ0n) is 18.0. The number of primary amides is 1. The highest BCUT2D eigenvalue weighted by atomic mass is 16.2. The van der Waals surface area contributed by atoms with Gasteiger partial charge in [0.25, 0.3) is 5.91 Å². The molecule has 7 N–H and O–H groups in total. The van der Waals surface area contributed by atoms with E-state index >= 15 is 0 Å². The number of anilines is 1. The highest BCUT2D eigenvalue weighted by molar-refractivity contribution is 6.04. The minimum atomic E-state index is -0.697. The summed E-state index contributed by atoms with van der Waals surface area (Å²) in [7, 11) is 0. The van der Waals surface area contributed by atoms with E-state index < -0.39 is 17.9 Å². The Morgan fingerprint density at radius 1 is 1.00 bits per heavy atom. The van der Waals surface area contributed by atoms with Crippen LogP contribution in [0.3, 0.4) is 0 Å². The van der Waals surface area contributed by atoms with Crippen molar-refractivity contribution in [1.29, 1.82) is 0 Å². The second kappa shape index (κ2) is 12.2. The van der Waals surface area contributed by atoms with Crippen molar-refractivity contribution in [3.05, 3.63) is 54.1 Å². The van der Waals surface area contributed by atoms with Crippen LogP contribution in [0.2, 0.25) is 0 Å². The topological polar surface area (TPSA) is 156 Å². The van der Waals surface area contributed by atoms with Crippen molar-refractivity contribution < 1.29 is 19.2 Å². The molecule has 0 aromatic heterocycles. The Labute approximate surface area is 186 Å². The number of rotatable bonds is 11. The molecule has 2 aromatic rings. The average Bonchev–Trinajstić information content (AvgIpc) is 2.77. The van der Waals surface area contributed by atoms with Crippen LogP contribution >= 0.6 is 0 Å². The monoisotopic (exact) mass is 439 g/mol. The second-order valence-electron chi connectivity index (χ2n) is 7.30. The molecule has 2 aromatic carbocycles. The molecule has 0 saturated carbocycles. The van der Waals surface area contributed by atoms with Crippen molar-refractivity contribution in [2.45, 2.75) is 32.2 Å². The summed E-state index contributed by atoms with van der Waals surface area (Å²) >= 11 is 0. The summed E-state index contributed by atoms with van der Waals surface area (Å²) in [6.45, 7) is 1.58. The first-order chi connectivity index (χ1) is 15.3. The van der Waals surface area contributed by atoms with Crippen LogP contribution in [-0.2, 0) is 14.4 Å². The Kier molecular flexibility index (Phi) is 9.37. The Hall–Kier alpha value is -3.72. The van der Waals surface area contributed by atoms with Gasteiger partial charge in [-0.25, -0.2) is 0 Å². The Bertz CT molecular complexity index is 962. The molecular formula is C23H29N5O4. The molecule has 32 heavy (non-hydrogen) atoms. The molecule has 4 amide bonds. The molecule has 170 valence electrons. The molecule has 0 spiro atoms. The number of carbonyl (C=O) groups excluding carboxylic acids is 4. The third kappa shape index (κ3) is 7.51. The standard InChI is InChI=1S/C23H29N5O4/c1-15(29)27-20(9-5-6-12-24)23(32)28-17-10-11-18(22(31)26-14-21(25)30)19(13-17)16-7-3-2-4-8-16/h2-4,7-8,10-11,13,20H,5-6,9,12,14,24H2,1H3,(H2,25,30)(H,26,31)(H,27,29)(H,28,32)/t20-/m0/s1. The predicted molar refractivity (Wildman–Crippen MR) is 123 cm³/mol. The lowest BCUT2D eigenvalue weighted by Gasteiger charge is -2.18. The molecule has 0 fully saturated rings. The molecule has 0 aliphatic heterocycles. The van der Waals surface area contributed by atoms with Crippen LogP contribution in [0, 0.1) is 0 Å². The molecule has 0 unspecified atom stereocenters. The van der Waals surface area contributed by atoms with Gasteiger partial charge in [0.15, 0.2) is 0 Å². The van der Waals surface area contributed by atoms with Crippen LogP contribution in [0.25, 0.3) is 11.1 Å². The van der Waals surface area contributed by atoms with E-state index in [1.807, 2.05) is 30.3 Å². The number of hydrogen-bond donors (Lipinski definition) is 5. The van der Waals surface area contributed by atoms with Crippen molar-refractivity contribution in [1.82, 2.24) is 10.6 Å². The summed E-state index contributed by atoms with van der Waals surface area (Å²) in [6, 6.07) is 13.3. The summed E-state index contributed by atoms with van der Waals surface area (Å²) in [5, 5.41) is 7.95. The minimum absolute atomic E-state index is 0.285. The van der Waals surface area contributed by atoms with Crippen LogP contribution < -0.4 is 27.4 Å². The van der Waals surface area contributed by atoms with Crippen LogP contribution in [0.1, 0.15) is 36.5 Å². The number of nitrogens with one attached hydrogen (secondary N) is 3. The first-order valence-electron chi connectivity index (χ1n) is 10.4. The molecule has 9 heteroatoms. The van der Waals surface area contributed by atoms with E-state index in [0.717, 1.165) is 12.0 Å². The van der Waals surface area contributed by atoms with Gasteiger partial charge in [-0.3, -0.25) is 19.2 Å². The van der Waals surface area contributed by atoms with Crippen molar-refractivity contribution in [2.24, 2.45) is 11.5 Å². The maximum atomic E-state index is 12.8. The second-order valence-corrected chi connectivity index (χ2v) is 7.30. The van der Waals surface area contributed by atoms with Crippen LogP contribution in [0.4, 0.5) is 5.69 Å². The Morgan fingerprint density at radius 2 is 1.72 bits per heavy atom. The SMILES string of the molecule is CC(=O)N[C@@H](CCCCN)C(=O)Nc1ccc(C(=O)NCC(N)=O)c(-c2ccccc2)c1. The van der Waals surface area contributed by atoms with Crippen molar-refractivity contribution >= 4 is 29.3 Å². The first-order valence-corrected chi connectivity index (χ1v) is 10.4. The molecule has 0 saturated heterocycles. The van der Waals surface area contributed by atoms with E-state index in [-0.39, 0.29) is 18.4 Å². The summed E-state index contributed by atoms with van der Waals surface area (Å²) in [6.07, 6.45) is 1.90. The van der Waals surface area contributed by atoms with E-state index in [4.69, 9.17) is 11.5 Å². The molecule has 0 bridgehead atoms. The molecular weight excluding hydrogens is 410 g/mol. The van der Waals surface area contributed by atoms with Gasteiger partial charge in [-0.2, -0.15) is 0 Å². The molecule has 2 rings (SSSR count). The number of benzene rings is 2. The summed E-state index contributed by atoms with van der Waals surface area (Å²) in [5.74, 6) is -1.77. The molecule has 9 nitrogen and oxygen atoms in total. The van der Waals surface area contributed by atoms with Gasteiger partial charge in [0.1, 0.15) is 6.04 Å². The number of nitrogens with two attached hydrogens (primary N) is 2. The smallest absolute Gasteiger partial charge is 0.252 e. The summed E-state index contributed by atoms with van der Waals surface area (Å²) in [5.41, 5.74) is 12.8. The van der Waals surface area contributed by atoms with Gasteiger partial charge in [-0.15, -0.1) is 0 Å². The maximum Gasteiger partial charge on any atom is 0.252 e. The lowest BCUT2D eigenvalue weighted by atomic mass is 9.98. The quantitative estimate of drug-likeness (QED) is 0.332. The third-order valence-electron chi connectivity index (χ3n) is 4.68. The van der Waals surface area contributed by atoms with Gasteiger partial charge in [0.05, 0.1) is 6.54 Å². The van der Waals surface area contributed by atoms with Crippen molar-refractivity contribution in [3.63, 3.8) is 0 Å². The van der Waals surface area contributed by atoms with E-state index in [9.17, 15) is 19.2 Å². The highest BCUT2D eigenvalue weighted by Crippen LogP contribution is 2.27. The first kappa shape index (κ1) is 24.5. The average molecular weight is 440 g/mol. The number of carbonyl (C=O) groups is 4. The van der Waals surface area contributed by atoms with Crippen LogP contribution in [0.15, 0.2) is 48.5 Å². The highest BCUT2D eigenvalue weighted by Gasteiger charge is 2.20. The maximum absolute atomic E-state index is 12.8. The Morgan fingerprint density at radius 3 is 2.34 bits per heavy atom. The van der Waals surface area contributed by atoms with Gasteiger partial charge in [0.2, 0.25) is 17.7 Å². The fourth-order valence-corrected chi connectivity index (χ4v) is 3.18. The lowest BCUT2D eigenvalue weighted by molar-refractivity contribution is -0.125. The molecule has 0 radical (unpaired) electrons. The van der Waals surface area contributed by atoms with Crippen LogP contribution in [-0.4, -0.2) is 42.8 Å². The summed E-state index contributed by atoms with van der Waals surface area (Å²) < 4.78 is 0. The van der Waals surface area contributed by atoms with E-state index in [1.165, 1.54) is 6.92 Å². The van der Waals surface area contributed by atoms with Crippen LogP contribution in [0.5, 0.6) is 0 Å². The number of unbranched alkanes of at least 4 members (excludes halogenated alkanes) is 1. The zero-order chi connectivity index (χ0) is 23.5. The molecule has 0 heterocycles. The van der Waals surface area contributed by atoms with E-state index in [0.29, 0.717) is 36.2 Å². The van der Waals surface area contributed by atoms with E-state index in [1.54, 1.807) is 18.2 Å². The fraction of sp³-hybridized carbons (Fsp3) is 0.304. The minimum Gasteiger partial charge on any atom is -0.368 e. The number of amides is 4. The Balaban J connectivity index is 2.29. The van der Waals surface area contributed by atoms with Crippen molar-refractivity contribution in [3.8, 4) is 11.1 Å². The van der Waals surface area contributed by atoms with Gasteiger partial charge >= 0.3 is 0 Å².